The van der Waals surface area contributed by atoms with Gasteiger partial charge in [-0.2, -0.15) is 0 Å². The van der Waals surface area contributed by atoms with Crippen molar-refractivity contribution in [3.8, 4) is 0 Å². The third-order valence-electron chi connectivity index (χ3n) is 3.27. The topological polar surface area (TPSA) is 58.6 Å². The molecule has 1 saturated heterocycles. The van der Waals surface area contributed by atoms with E-state index in [0.29, 0.717) is 19.6 Å². The largest absolute Gasteiger partial charge is 0.466 e. The monoisotopic (exact) mass is 270 g/mol. The van der Waals surface area contributed by atoms with E-state index < -0.39 is 0 Å². The predicted octanol–water partition coefficient (Wildman–Crippen LogP) is 1.32. The Morgan fingerprint density at radius 3 is 2.58 bits per heavy atom. The van der Waals surface area contributed by atoms with Gasteiger partial charge in [0.1, 0.15) is 0 Å². The summed E-state index contributed by atoms with van der Waals surface area (Å²) in [6.45, 7) is 5.39. The van der Waals surface area contributed by atoms with Crippen LogP contribution in [0.5, 0.6) is 0 Å². The fourth-order valence-corrected chi connectivity index (χ4v) is 2.20. The number of ether oxygens (including phenoxy) is 1. The van der Waals surface area contributed by atoms with E-state index in [2.05, 4.69) is 5.32 Å². The van der Waals surface area contributed by atoms with Crippen molar-refractivity contribution >= 4 is 11.9 Å². The van der Waals surface area contributed by atoms with Crippen LogP contribution in [0.4, 0.5) is 0 Å². The molecular weight excluding hydrogens is 244 g/mol. The molecule has 1 heterocycles. The number of nitrogens with zero attached hydrogens (tertiary/aromatic N) is 1. The number of carbonyl (C=O) groups is 2. The highest BCUT2D eigenvalue weighted by molar-refractivity contribution is 5.78. The second-order valence-electron chi connectivity index (χ2n) is 4.88. The molecule has 0 atom stereocenters. The molecule has 0 spiro atoms. The van der Waals surface area contributed by atoms with Crippen molar-refractivity contribution in [1.82, 2.24) is 10.2 Å². The van der Waals surface area contributed by atoms with Crippen molar-refractivity contribution in [3.05, 3.63) is 0 Å². The minimum atomic E-state index is -0.111. The average Bonchev–Trinajstić information content (AvgIpc) is 2.91. The molecule has 1 rings (SSSR count). The zero-order valence-corrected chi connectivity index (χ0v) is 12.0. The molecule has 5 heteroatoms. The first kappa shape index (κ1) is 16.0. The maximum absolute atomic E-state index is 11.7. The average molecular weight is 270 g/mol. The van der Waals surface area contributed by atoms with Gasteiger partial charge in [0.25, 0.3) is 0 Å². The molecule has 1 amide bonds. The molecule has 0 aliphatic carbocycles. The molecule has 1 aliphatic rings. The molecular formula is C14H26N2O3. The van der Waals surface area contributed by atoms with Crippen LogP contribution in [0.2, 0.25) is 0 Å². The Morgan fingerprint density at radius 2 is 1.89 bits per heavy atom. The van der Waals surface area contributed by atoms with Gasteiger partial charge in [0.15, 0.2) is 0 Å². The first-order valence-electron chi connectivity index (χ1n) is 7.38. The first-order valence-corrected chi connectivity index (χ1v) is 7.38. The number of nitrogens with one attached hydrogen (secondary N) is 1. The lowest BCUT2D eigenvalue weighted by atomic mass is 10.2. The molecule has 0 radical (unpaired) electrons. The Morgan fingerprint density at radius 1 is 1.16 bits per heavy atom. The molecule has 0 saturated carbocycles. The maximum atomic E-state index is 11.7. The van der Waals surface area contributed by atoms with Crippen LogP contribution < -0.4 is 5.32 Å². The van der Waals surface area contributed by atoms with Crippen molar-refractivity contribution in [2.75, 3.05) is 32.8 Å². The Balaban J connectivity index is 1.88. The molecule has 1 fully saturated rings. The minimum Gasteiger partial charge on any atom is -0.466 e. The third-order valence-corrected chi connectivity index (χ3v) is 3.27. The summed E-state index contributed by atoms with van der Waals surface area (Å²) in [5.41, 5.74) is 0. The van der Waals surface area contributed by atoms with Gasteiger partial charge in [-0.3, -0.25) is 9.59 Å². The van der Waals surface area contributed by atoms with Gasteiger partial charge in [0.2, 0.25) is 5.91 Å². The van der Waals surface area contributed by atoms with Gasteiger partial charge in [-0.1, -0.05) is 6.42 Å². The van der Waals surface area contributed by atoms with Crippen molar-refractivity contribution in [2.24, 2.45) is 0 Å². The van der Waals surface area contributed by atoms with Gasteiger partial charge in [-0.25, -0.2) is 0 Å². The summed E-state index contributed by atoms with van der Waals surface area (Å²) in [6, 6.07) is 0. The zero-order chi connectivity index (χ0) is 13.9. The normalized spacial score (nSPS) is 14.7. The molecule has 0 aromatic rings. The number of hydrogen-bond acceptors (Lipinski definition) is 4. The van der Waals surface area contributed by atoms with Gasteiger partial charge in [0, 0.05) is 19.5 Å². The molecule has 0 bridgehead atoms. The Labute approximate surface area is 115 Å². The van der Waals surface area contributed by atoms with Crippen LogP contribution in [0.25, 0.3) is 0 Å². The number of esters is 1. The summed E-state index contributed by atoms with van der Waals surface area (Å²) in [5.74, 6) is 0.101. The minimum absolute atomic E-state index is 0.111. The van der Waals surface area contributed by atoms with Gasteiger partial charge >= 0.3 is 5.97 Å². The van der Waals surface area contributed by atoms with E-state index in [9.17, 15) is 9.59 Å². The Bertz CT molecular complexity index is 276. The summed E-state index contributed by atoms with van der Waals surface area (Å²) in [6.07, 6.45) is 5.62. The van der Waals surface area contributed by atoms with E-state index in [4.69, 9.17) is 4.74 Å². The summed E-state index contributed by atoms with van der Waals surface area (Å²) < 4.78 is 4.85. The number of carbonyl (C=O) groups excluding carboxylic acids is 2. The van der Waals surface area contributed by atoms with Crippen LogP contribution in [-0.4, -0.2) is 49.6 Å². The van der Waals surface area contributed by atoms with Crippen LogP contribution in [-0.2, 0) is 14.3 Å². The summed E-state index contributed by atoms with van der Waals surface area (Å²) in [4.78, 5) is 24.7. The standard InChI is InChI=1S/C14H26N2O3/c1-2-19-14(18)8-4-3-5-9-15-12-13(17)16-10-6-7-11-16/h15H,2-12H2,1H3. The van der Waals surface area contributed by atoms with E-state index in [1.54, 1.807) is 0 Å². The molecule has 5 nitrogen and oxygen atoms in total. The fraction of sp³-hybridized carbons (Fsp3) is 0.857. The van der Waals surface area contributed by atoms with Crippen LogP contribution >= 0.6 is 0 Å². The van der Waals surface area contributed by atoms with E-state index in [0.717, 1.165) is 51.7 Å². The first-order chi connectivity index (χ1) is 9.24. The van der Waals surface area contributed by atoms with Crippen LogP contribution in [0.1, 0.15) is 45.4 Å². The molecule has 0 aromatic carbocycles. The number of unbranched alkanes of at least 4 members (excludes halogenated alkanes) is 2. The van der Waals surface area contributed by atoms with Gasteiger partial charge in [-0.05, 0) is 39.2 Å². The zero-order valence-electron chi connectivity index (χ0n) is 12.0. The van der Waals surface area contributed by atoms with E-state index in [1.807, 2.05) is 11.8 Å². The smallest absolute Gasteiger partial charge is 0.305 e. The quantitative estimate of drug-likeness (QED) is 0.507. The van der Waals surface area contributed by atoms with Crippen molar-refractivity contribution in [2.45, 2.75) is 45.4 Å². The van der Waals surface area contributed by atoms with Crippen molar-refractivity contribution in [1.29, 1.82) is 0 Å². The van der Waals surface area contributed by atoms with Crippen LogP contribution in [0, 0.1) is 0 Å². The SMILES string of the molecule is CCOC(=O)CCCCCNCC(=O)N1CCCC1. The van der Waals surface area contributed by atoms with Gasteiger partial charge in [-0.15, -0.1) is 0 Å². The molecule has 19 heavy (non-hydrogen) atoms. The number of likely N-dealkylation sites (tertiary alicyclic amines) is 1. The molecule has 0 unspecified atom stereocenters. The molecule has 0 aromatic heterocycles. The Kier molecular flexibility index (Phi) is 8.21. The third kappa shape index (κ3) is 7.15. The lowest BCUT2D eigenvalue weighted by Gasteiger charge is -2.15. The van der Waals surface area contributed by atoms with Crippen molar-refractivity contribution in [3.63, 3.8) is 0 Å². The number of amides is 1. The Hall–Kier alpha value is -1.10. The predicted molar refractivity (Wildman–Crippen MR) is 73.8 cm³/mol. The molecule has 1 N–H and O–H groups in total. The van der Waals surface area contributed by atoms with E-state index in [1.165, 1.54) is 0 Å². The number of rotatable bonds is 9. The fourth-order valence-electron chi connectivity index (χ4n) is 2.20. The van der Waals surface area contributed by atoms with Crippen molar-refractivity contribution < 1.29 is 14.3 Å². The van der Waals surface area contributed by atoms with Gasteiger partial charge < -0.3 is 15.0 Å². The van der Waals surface area contributed by atoms with Crippen LogP contribution in [0.3, 0.4) is 0 Å². The molecule has 1 aliphatic heterocycles. The maximum Gasteiger partial charge on any atom is 0.305 e. The highest BCUT2D eigenvalue weighted by Crippen LogP contribution is 2.06. The summed E-state index contributed by atoms with van der Waals surface area (Å²) >= 11 is 0. The lowest BCUT2D eigenvalue weighted by molar-refractivity contribution is -0.143. The number of hydrogen-bond donors (Lipinski definition) is 1. The summed E-state index contributed by atoms with van der Waals surface area (Å²) in [7, 11) is 0. The van der Waals surface area contributed by atoms with E-state index in [-0.39, 0.29) is 11.9 Å². The highest BCUT2D eigenvalue weighted by Gasteiger charge is 2.16. The second-order valence-corrected chi connectivity index (χ2v) is 4.88. The van der Waals surface area contributed by atoms with Crippen LogP contribution in [0.15, 0.2) is 0 Å². The summed E-state index contributed by atoms with van der Waals surface area (Å²) in [5, 5.41) is 3.17. The lowest BCUT2D eigenvalue weighted by Crippen LogP contribution is -2.36. The molecule has 110 valence electrons. The second kappa shape index (κ2) is 9.78. The van der Waals surface area contributed by atoms with E-state index >= 15 is 0 Å². The highest BCUT2D eigenvalue weighted by atomic mass is 16.5. The van der Waals surface area contributed by atoms with Gasteiger partial charge in [0.05, 0.1) is 13.2 Å².